The predicted molar refractivity (Wildman–Crippen MR) is 159 cm³/mol. The molecule has 1 aromatic heterocycles. The minimum atomic E-state index is 0.746. The third-order valence-corrected chi connectivity index (χ3v) is 9.66. The van der Waals surface area contributed by atoms with Gasteiger partial charge in [0.05, 0.1) is 0 Å². The van der Waals surface area contributed by atoms with E-state index < -0.39 is 0 Å². The van der Waals surface area contributed by atoms with Crippen LogP contribution in [0.4, 0.5) is 0 Å². The molecule has 2 saturated carbocycles. The number of hydrogen-bond acceptors (Lipinski definition) is 2. The molecule has 2 aliphatic carbocycles. The van der Waals surface area contributed by atoms with Gasteiger partial charge in [0.25, 0.3) is 0 Å². The molecule has 0 bridgehead atoms. The quantitative estimate of drug-likeness (QED) is 0.240. The van der Waals surface area contributed by atoms with Crippen LogP contribution in [0.25, 0.3) is 11.4 Å². The SMILES string of the molecule is CCCCCCCC[C@H]1CC[C@H](CCc2cnc(-c3ccc([C@H]4CC[C@H](CCC)CC4)cc3)nc2)CC1. The Bertz CT molecular complexity index is 855. The molecule has 2 aromatic rings. The Hall–Kier alpha value is -1.70. The van der Waals surface area contributed by atoms with E-state index in [0.717, 1.165) is 41.5 Å². The molecule has 0 unspecified atom stereocenters. The molecule has 0 atom stereocenters. The van der Waals surface area contributed by atoms with Gasteiger partial charge in [-0.25, -0.2) is 9.97 Å². The molecule has 0 radical (unpaired) electrons. The molecule has 4 rings (SSSR count). The zero-order valence-electron chi connectivity index (χ0n) is 24.1. The lowest BCUT2D eigenvalue weighted by Gasteiger charge is -2.28. The summed E-state index contributed by atoms with van der Waals surface area (Å²) in [6.07, 6.45) is 30.8. The van der Waals surface area contributed by atoms with Crippen molar-refractivity contribution in [2.24, 2.45) is 17.8 Å². The number of rotatable bonds is 14. The summed E-state index contributed by atoms with van der Waals surface area (Å²) in [6, 6.07) is 9.15. The number of nitrogens with zero attached hydrogens (tertiary/aromatic N) is 2. The third kappa shape index (κ3) is 9.22. The number of benzene rings is 1. The zero-order chi connectivity index (χ0) is 25.7. The summed E-state index contributed by atoms with van der Waals surface area (Å²) >= 11 is 0. The van der Waals surface area contributed by atoms with Gasteiger partial charge >= 0.3 is 0 Å². The second-order valence-electron chi connectivity index (χ2n) is 12.5. The third-order valence-electron chi connectivity index (χ3n) is 9.66. The topological polar surface area (TPSA) is 25.8 Å². The zero-order valence-corrected chi connectivity index (χ0v) is 24.1. The predicted octanol–water partition coefficient (Wildman–Crippen LogP) is 10.7. The van der Waals surface area contributed by atoms with Gasteiger partial charge in [0, 0.05) is 18.0 Å². The van der Waals surface area contributed by atoms with Crippen LogP contribution in [-0.4, -0.2) is 9.97 Å². The number of hydrogen-bond donors (Lipinski definition) is 0. The van der Waals surface area contributed by atoms with Gasteiger partial charge in [-0.05, 0) is 73.3 Å². The maximum atomic E-state index is 4.75. The highest BCUT2D eigenvalue weighted by Crippen LogP contribution is 2.38. The van der Waals surface area contributed by atoms with Crippen LogP contribution in [0.3, 0.4) is 0 Å². The van der Waals surface area contributed by atoms with E-state index in [-0.39, 0.29) is 0 Å². The maximum absolute atomic E-state index is 4.75. The normalized spacial score (nSPS) is 24.3. The van der Waals surface area contributed by atoms with Crippen molar-refractivity contribution in [2.45, 2.75) is 142 Å². The van der Waals surface area contributed by atoms with Crippen LogP contribution < -0.4 is 0 Å². The molecule has 0 N–H and O–H groups in total. The molecule has 2 fully saturated rings. The summed E-state index contributed by atoms with van der Waals surface area (Å²) < 4.78 is 0. The number of unbranched alkanes of at least 4 members (excludes halogenated alkanes) is 5. The highest BCUT2D eigenvalue weighted by Gasteiger charge is 2.22. The summed E-state index contributed by atoms with van der Waals surface area (Å²) in [6.45, 7) is 4.63. The van der Waals surface area contributed by atoms with Gasteiger partial charge in [-0.2, -0.15) is 0 Å². The Kier molecular flexibility index (Phi) is 12.0. The summed E-state index contributed by atoms with van der Waals surface area (Å²) in [5.41, 5.74) is 3.97. The highest BCUT2D eigenvalue weighted by molar-refractivity contribution is 5.55. The van der Waals surface area contributed by atoms with E-state index in [1.54, 1.807) is 0 Å². The highest BCUT2D eigenvalue weighted by atomic mass is 14.9. The molecule has 2 heteroatoms. The lowest BCUT2D eigenvalue weighted by Crippen LogP contribution is -2.15. The Labute approximate surface area is 228 Å². The molecule has 0 amide bonds. The van der Waals surface area contributed by atoms with E-state index in [1.807, 2.05) is 0 Å². The van der Waals surface area contributed by atoms with Crippen molar-refractivity contribution >= 4 is 0 Å². The van der Waals surface area contributed by atoms with Gasteiger partial charge in [0.2, 0.25) is 0 Å². The first-order valence-corrected chi connectivity index (χ1v) is 16.2. The van der Waals surface area contributed by atoms with Crippen LogP contribution in [0.1, 0.15) is 146 Å². The van der Waals surface area contributed by atoms with Gasteiger partial charge in [-0.15, -0.1) is 0 Å². The molecular formula is C35H54N2. The Morgan fingerprint density at radius 2 is 1.16 bits per heavy atom. The van der Waals surface area contributed by atoms with E-state index in [4.69, 9.17) is 9.97 Å². The van der Waals surface area contributed by atoms with Crippen LogP contribution in [0.2, 0.25) is 0 Å². The van der Waals surface area contributed by atoms with Crippen LogP contribution >= 0.6 is 0 Å². The summed E-state index contributed by atoms with van der Waals surface area (Å²) in [4.78, 5) is 9.49. The van der Waals surface area contributed by atoms with E-state index in [9.17, 15) is 0 Å². The van der Waals surface area contributed by atoms with Crippen molar-refractivity contribution in [1.82, 2.24) is 9.97 Å². The molecule has 0 saturated heterocycles. The molecule has 2 nitrogen and oxygen atoms in total. The molecule has 2 aliphatic rings. The van der Waals surface area contributed by atoms with Crippen molar-refractivity contribution in [3.8, 4) is 11.4 Å². The summed E-state index contributed by atoms with van der Waals surface area (Å²) in [5.74, 6) is 4.50. The average molecular weight is 503 g/mol. The fourth-order valence-corrected chi connectivity index (χ4v) is 7.12. The van der Waals surface area contributed by atoms with Crippen LogP contribution in [0.5, 0.6) is 0 Å². The molecule has 37 heavy (non-hydrogen) atoms. The summed E-state index contributed by atoms with van der Waals surface area (Å²) in [7, 11) is 0. The molecule has 1 aromatic carbocycles. The minimum absolute atomic E-state index is 0.746. The monoisotopic (exact) mass is 502 g/mol. The first-order valence-electron chi connectivity index (χ1n) is 16.2. The van der Waals surface area contributed by atoms with Crippen molar-refractivity contribution < 1.29 is 0 Å². The van der Waals surface area contributed by atoms with Gasteiger partial charge in [-0.1, -0.05) is 122 Å². The molecule has 204 valence electrons. The van der Waals surface area contributed by atoms with Crippen molar-refractivity contribution in [3.63, 3.8) is 0 Å². The van der Waals surface area contributed by atoms with E-state index >= 15 is 0 Å². The van der Waals surface area contributed by atoms with Gasteiger partial charge in [-0.3, -0.25) is 0 Å². The molecule has 0 aliphatic heterocycles. The van der Waals surface area contributed by atoms with Gasteiger partial charge in [0.15, 0.2) is 5.82 Å². The standard InChI is InChI=1S/C35H54N2/c1-3-5-6-7-8-9-11-29-12-14-30(15-13-29)16-17-31-26-36-35(37-27-31)34-24-22-33(23-25-34)32-20-18-28(10-4-2)19-21-32/h22-30,32H,3-21H2,1-2H3/t28-,29-,30-,32-. The first-order chi connectivity index (χ1) is 18.2. The lowest BCUT2D eigenvalue weighted by atomic mass is 9.77. The Morgan fingerprint density at radius 3 is 1.81 bits per heavy atom. The van der Waals surface area contributed by atoms with Crippen molar-refractivity contribution in [2.75, 3.05) is 0 Å². The van der Waals surface area contributed by atoms with Crippen molar-refractivity contribution in [1.29, 1.82) is 0 Å². The summed E-state index contributed by atoms with van der Waals surface area (Å²) in [5, 5.41) is 0. The van der Waals surface area contributed by atoms with Crippen LogP contribution in [0, 0.1) is 17.8 Å². The number of aromatic nitrogens is 2. The molecular weight excluding hydrogens is 448 g/mol. The minimum Gasteiger partial charge on any atom is -0.236 e. The Morgan fingerprint density at radius 1 is 0.595 bits per heavy atom. The van der Waals surface area contributed by atoms with E-state index in [2.05, 4.69) is 50.5 Å². The van der Waals surface area contributed by atoms with E-state index in [0.29, 0.717) is 0 Å². The fourth-order valence-electron chi connectivity index (χ4n) is 7.12. The van der Waals surface area contributed by atoms with Gasteiger partial charge < -0.3 is 0 Å². The van der Waals surface area contributed by atoms with Crippen LogP contribution in [-0.2, 0) is 6.42 Å². The Balaban J connectivity index is 1.15. The maximum Gasteiger partial charge on any atom is 0.159 e. The smallest absolute Gasteiger partial charge is 0.159 e. The average Bonchev–Trinajstić information content (AvgIpc) is 2.95. The number of aryl methyl sites for hydroxylation is 1. The second-order valence-corrected chi connectivity index (χ2v) is 12.5. The molecule has 1 heterocycles. The van der Waals surface area contributed by atoms with Gasteiger partial charge in [0.1, 0.15) is 0 Å². The first kappa shape index (κ1) is 28.3. The second kappa shape index (κ2) is 15.6. The van der Waals surface area contributed by atoms with Crippen molar-refractivity contribution in [3.05, 3.63) is 47.8 Å². The van der Waals surface area contributed by atoms with Crippen LogP contribution in [0.15, 0.2) is 36.7 Å². The fraction of sp³-hybridized carbons (Fsp3) is 0.714. The lowest BCUT2D eigenvalue weighted by molar-refractivity contribution is 0.248. The largest absolute Gasteiger partial charge is 0.236 e. The van der Waals surface area contributed by atoms with E-state index in [1.165, 1.54) is 127 Å². The molecule has 0 spiro atoms.